The Balaban J connectivity index is 3.75. The molecule has 0 aromatic carbocycles. The van der Waals surface area contributed by atoms with Gasteiger partial charge in [-0.3, -0.25) is 0 Å². The van der Waals surface area contributed by atoms with Crippen molar-refractivity contribution in [2.75, 3.05) is 13.6 Å². The summed E-state index contributed by atoms with van der Waals surface area (Å²) in [6, 6.07) is 0. The summed E-state index contributed by atoms with van der Waals surface area (Å²) in [6.07, 6.45) is 3.83. The lowest BCUT2D eigenvalue weighted by atomic mass is 10.3. The van der Waals surface area contributed by atoms with Crippen molar-refractivity contribution in [1.29, 1.82) is 5.26 Å². The highest BCUT2D eigenvalue weighted by Crippen LogP contribution is 1.90. The molecule has 0 saturated carbocycles. The van der Waals surface area contributed by atoms with Crippen LogP contribution in [0.3, 0.4) is 0 Å². The third-order valence-electron chi connectivity index (χ3n) is 1.40. The summed E-state index contributed by atoms with van der Waals surface area (Å²) in [5, 5.41) is 8.17. The first kappa shape index (κ1) is 9.76. The Labute approximate surface area is 67.3 Å². The molecule has 0 spiro atoms. The third-order valence-corrected chi connectivity index (χ3v) is 1.40. The van der Waals surface area contributed by atoms with Gasteiger partial charge in [-0.1, -0.05) is 13.3 Å². The van der Waals surface area contributed by atoms with E-state index in [1.165, 1.54) is 0 Å². The third kappa shape index (κ3) is 4.20. The van der Waals surface area contributed by atoms with Gasteiger partial charge in [-0.05, 0) is 6.42 Å². The number of guanidine groups is 1. The normalized spacial score (nSPS) is 10.8. The maximum Gasteiger partial charge on any atom is 0.209 e. The van der Waals surface area contributed by atoms with Gasteiger partial charge in [0.1, 0.15) is 0 Å². The van der Waals surface area contributed by atoms with Crippen LogP contribution in [-0.4, -0.2) is 24.5 Å². The number of hydrogen-bond donors (Lipinski definition) is 1. The average molecular weight is 154 g/mol. The predicted molar refractivity (Wildman–Crippen MR) is 44.8 cm³/mol. The van der Waals surface area contributed by atoms with Crippen LogP contribution in [0.1, 0.15) is 19.8 Å². The van der Waals surface area contributed by atoms with Crippen molar-refractivity contribution in [1.82, 2.24) is 4.90 Å². The number of rotatable bonds is 3. The van der Waals surface area contributed by atoms with Crippen molar-refractivity contribution in [3.05, 3.63) is 0 Å². The Kier molecular flexibility index (Phi) is 4.91. The van der Waals surface area contributed by atoms with Crippen molar-refractivity contribution in [3.8, 4) is 6.19 Å². The standard InChI is InChI=1S/C7H14N4/c1-3-4-5-11(2)7(9)10-6-8/h3-5H2,1-2H3,(H2,9,10). The zero-order chi connectivity index (χ0) is 8.69. The number of unbranched alkanes of at least 4 members (excludes halogenated alkanes) is 1. The molecule has 0 heterocycles. The molecular formula is C7H14N4. The SMILES string of the molecule is CCCCN(C)C(N)=NC#N. The van der Waals surface area contributed by atoms with E-state index in [2.05, 4.69) is 11.9 Å². The van der Waals surface area contributed by atoms with Crippen LogP contribution < -0.4 is 5.73 Å². The Morgan fingerprint density at radius 3 is 2.82 bits per heavy atom. The molecule has 0 saturated heterocycles. The molecule has 0 fully saturated rings. The Bertz CT molecular complexity index is 168. The molecule has 0 aliphatic carbocycles. The van der Waals surface area contributed by atoms with E-state index < -0.39 is 0 Å². The fourth-order valence-corrected chi connectivity index (χ4v) is 0.646. The van der Waals surface area contributed by atoms with Crippen molar-refractivity contribution < 1.29 is 0 Å². The van der Waals surface area contributed by atoms with Crippen molar-refractivity contribution in [3.63, 3.8) is 0 Å². The molecule has 0 radical (unpaired) electrons. The highest BCUT2D eigenvalue weighted by molar-refractivity contribution is 5.78. The average Bonchev–Trinajstić information content (AvgIpc) is 2.00. The van der Waals surface area contributed by atoms with Gasteiger partial charge in [0.2, 0.25) is 12.2 Å². The van der Waals surface area contributed by atoms with Crippen LogP contribution in [0.2, 0.25) is 0 Å². The smallest absolute Gasteiger partial charge is 0.209 e. The summed E-state index contributed by atoms with van der Waals surface area (Å²) in [6.45, 7) is 2.96. The molecule has 62 valence electrons. The second kappa shape index (κ2) is 5.54. The Morgan fingerprint density at radius 2 is 2.36 bits per heavy atom. The quantitative estimate of drug-likeness (QED) is 0.366. The molecule has 0 rings (SSSR count). The Hall–Kier alpha value is -1.24. The van der Waals surface area contributed by atoms with Gasteiger partial charge in [0, 0.05) is 13.6 Å². The summed E-state index contributed by atoms with van der Waals surface area (Å²) in [5.41, 5.74) is 5.42. The molecule has 0 bridgehead atoms. The molecule has 2 N–H and O–H groups in total. The zero-order valence-electron chi connectivity index (χ0n) is 7.04. The number of hydrogen-bond acceptors (Lipinski definition) is 2. The minimum atomic E-state index is 0.293. The van der Waals surface area contributed by atoms with Gasteiger partial charge in [0.15, 0.2) is 0 Å². The summed E-state index contributed by atoms with van der Waals surface area (Å²) >= 11 is 0. The van der Waals surface area contributed by atoms with Crippen LogP contribution in [-0.2, 0) is 0 Å². The number of nitriles is 1. The van der Waals surface area contributed by atoms with Gasteiger partial charge in [-0.15, -0.1) is 4.99 Å². The topological polar surface area (TPSA) is 65.4 Å². The van der Waals surface area contributed by atoms with Gasteiger partial charge < -0.3 is 10.6 Å². The first-order chi connectivity index (χ1) is 5.22. The maximum atomic E-state index is 8.17. The van der Waals surface area contributed by atoms with E-state index in [0.29, 0.717) is 5.96 Å². The fourth-order valence-electron chi connectivity index (χ4n) is 0.646. The summed E-state index contributed by atoms with van der Waals surface area (Å²) < 4.78 is 0. The molecule has 11 heavy (non-hydrogen) atoms. The van der Waals surface area contributed by atoms with Crippen LogP contribution in [0.25, 0.3) is 0 Å². The second-order valence-corrected chi connectivity index (χ2v) is 2.35. The van der Waals surface area contributed by atoms with E-state index in [1.807, 2.05) is 7.05 Å². The molecular weight excluding hydrogens is 140 g/mol. The first-order valence-corrected chi connectivity index (χ1v) is 3.65. The lowest BCUT2D eigenvalue weighted by molar-refractivity contribution is 0.480. The monoisotopic (exact) mass is 154 g/mol. The van der Waals surface area contributed by atoms with E-state index in [0.717, 1.165) is 19.4 Å². The van der Waals surface area contributed by atoms with E-state index in [4.69, 9.17) is 11.0 Å². The zero-order valence-corrected chi connectivity index (χ0v) is 7.04. The van der Waals surface area contributed by atoms with Gasteiger partial charge >= 0.3 is 0 Å². The summed E-state index contributed by atoms with van der Waals surface area (Å²) in [7, 11) is 1.83. The van der Waals surface area contributed by atoms with E-state index >= 15 is 0 Å². The molecule has 0 amide bonds. The summed E-state index contributed by atoms with van der Waals surface area (Å²) in [4.78, 5) is 5.17. The van der Waals surface area contributed by atoms with Crippen LogP contribution in [0, 0.1) is 11.5 Å². The minimum absolute atomic E-state index is 0.293. The molecule has 0 aromatic rings. The predicted octanol–water partition coefficient (Wildman–Crippen LogP) is 0.514. The van der Waals surface area contributed by atoms with Gasteiger partial charge in [-0.25, -0.2) is 0 Å². The van der Waals surface area contributed by atoms with Crippen LogP contribution in [0.4, 0.5) is 0 Å². The first-order valence-electron chi connectivity index (χ1n) is 3.65. The lowest BCUT2D eigenvalue weighted by Gasteiger charge is -2.15. The summed E-state index contributed by atoms with van der Waals surface area (Å²) in [5.74, 6) is 0.293. The molecule has 0 aromatic heterocycles. The molecule has 0 aliphatic heterocycles. The largest absolute Gasteiger partial charge is 0.369 e. The molecule has 0 atom stereocenters. The van der Waals surface area contributed by atoms with Crippen LogP contribution >= 0.6 is 0 Å². The molecule has 0 unspecified atom stereocenters. The van der Waals surface area contributed by atoms with Crippen LogP contribution in [0.15, 0.2) is 4.99 Å². The van der Waals surface area contributed by atoms with E-state index in [-0.39, 0.29) is 0 Å². The van der Waals surface area contributed by atoms with Gasteiger partial charge in [0.25, 0.3) is 0 Å². The van der Waals surface area contributed by atoms with Crippen molar-refractivity contribution in [2.45, 2.75) is 19.8 Å². The lowest BCUT2D eigenvalue weighted by Crippen LogP contribution is -2.34. The number of nitrogens with two attached hydrogens (primary N) is 1. The molecule has 0 aliphatic rings. The fraction of sp³-hybridized carbons (Fsp3) is 0.714. The number of aliphatic imine (C=N–C) groups is 1. The van der Waals surface area contributed by atoms with Gasteiger partial charge in [0.05, 0.1) is 0 Å². The van der Waals surface area contributed by atoms with Crippen molar-refractivity contribution in [2.24, 2.45) is 10.7 Å². The second-order valence-electron chi connectivity index (χ2n) is 2.35. The molecule has 4 nitrogen and oxygen atoms in total. The van der Waals surface area contributed by atoms with Gasteiger partial charge in [-0.2, -0.15) is 5.26 Å². The van der Waals surface area contributed by atoms with Crippen molar-refractivity contribution >= 4 is 5.96 Å². The maximum absolute atomic E-state index is 8.17. The Morgan fingerprint density at radius 1 is 1.73 bits per heavy atom. The van der Waals surface area contributed by atoms with E-state index in [1.54, 1.807) is 11.1 Å². The van der Waals surface area contributed by atoms with Crippen LogP contribution in [0.5, 0.6) is 0 Å². The highest BCUT2D eigenvalue weighted by atomic mass is 15.2. The van der Waals surface area contributed by atoms with E-state index in [9.17, 15) is 0 Å². The number of nitrogens with zero attached hydrogens (tertiary/aromatic N) is 3. The molecule has 4 heteroatoms. The highest BCUT2D eigenvalue weighted by Gasteiger charge is 1.98. The minimum Gasteiger partial charge on any atom is -0.369 e.